The Balaban J connectivity index is 2.73. The van der Waals surface area contributed by atoms with Gasteiger partial charge in [0.2, 0.25) is 5.91 Å². The number of hydrogen-bond acceptors (Lipinski definition) is 4. The number of carboxylic acids is 1. The number of nitrogens with zero attached hydrogens (tertiary/aromatic N) is 2. The SMILES string of the molecule is CC(C(=O)O)=C(C)C(=O)NC(=O)N1CCCN(C)C(=O)C1. The Labute approximate surface area is 122 Å². The highest BCUT2D eigenvalue weighted by Gasteiger charge is 2.24. The van der Waals surface area contributed by atoms with Crippen molar-refractivity contribution in [2.24, 2.45) is 0 Å². The van der Waals surface area contributed by atoms with Crippen molar-refractivity contribution in [1.29, 1.82) is 0 Å². The maximum absolute atomic E-state index is 12.0. The summed E-state index contributed by atoms with van der Waals surface area (Å²) in [6.07, 6.45) is 0.618. The zero-order valence-corrected chi connectivity index (χ0v) is 12.3. The average molecular weight is 297 g/mol. The molecule has 1 aliphatic rings. The summed E-state index contributed by atoms with van der Waals surface area (Å²) in [5.74, 6) is -2.20. The predicted molar refractivity (Wildman–Crippen MR) is 73.4 cm³/mol. The third-order valence-electron chi connectivity index (χ3n) is 3.40. The van der Waals surface area contributed by atoms with Crippen molar-refractivity contribution in [3.8, 4) is 0 Å². The molecule has 0 bridgehead atoms. The largest absolute Gasteiger partial charge is 0.478 e. The van der Waals surface area contributed by atoms with Gasteiger partial charge in [0.05, 0.1) is 0 Å². The van der Waals surface area contributed by atoms with Crippen molar-refractivity contribution in [1.82, 2.24) is 15.1 Å². The lowest BCUT2D eigenvalue weighted by atomic mass is 10.1. The highest BCUT2D eigenvalue weighted by atomic mass is 16.4. The molecule has 0 spiro atoms. The molecule has 0 aromatic rings. The number of likely N-dealkylation sites (N-methyl/N-ethyl adjacent to an activating group) is 1. The summed E-state index contributed by atoms with van der Waals surface area (Å²) in [6, 6.07) is -0.693. The number of hydrogen-bond donors (Lipinski definition) is 2. The van der Waals surface area contributed by atoms with Gasteiger partial charge in [-0.05, 0) is 20.3 Å². The van der Waals surface area contributed by atoms with Crippen molar-refractivity contribution in [2.45, 2.75) is 20.3 Å². The molecule has 1 aliphatic heterocycles. The Morgan fingerprint density at radius 2 is 1.76 bits per heavy atom. The third-order valence-corrected chi connectivity index (χ3v) is 3.40. The number of carboxylic acid groups (broad SMARTS) is 1. The topological polar surface area (TPSA) is 107 Å². The minimum atomic E-state index is -1.22. The van der Waals surface area contributed by atoms with Gasteiger partial charge in [0, 0.05) is 31.3 Å². The molecule has 0 saturated carbocycles. The molecule has 1 fully saturated rings. The van der Waals surface area contributed by atoms with Gasteiger partial charge in [-0.15, -0.1) is 0 Å². The second-order valence-electron chi connectivity index (χ2n) is 4.90. The van der Waals surface area contributed by atoms with Gasteiger partial charge in [-0.2, -0.15) is 0 Å². The molecule has 1 saturated heterocycles. The second kappa shape index (κ2) is 6.87. The molecule has 0 aromatic carbocycles. The van der Waals surface area contributed by atoms with Gasteiger partial charge in [-0.3, -0.25) is 14.9 Å². The Morgan fingerprint density at radius 3 is 2.33 bits per heavy atom. The first-order chi connectivity index (χ1) is 9.73. The van der Waals surface area contributed by atoms with Gasteiger partial charge in [0.1, 0.15) is 6.54 Å². The van der Waals surface area contributed by atoms with Crippen LogP contribution in [0.15, 0.2) is 11.1 Å². The first-order valence-corrected chi connectivity index (χ1v) is 6.49. The quantitative estimate of drug-likeness (QED) is 0.687. The van der Waals surface area contributed by atoms with Gasteiger partial charge in [0.25, 0.3) is 5.91 Å². The van der Waals surface area contributed by atoms with E-state index in [2.05, 4.69) is 5.32 Å². The highest BCUT2D eigenvalue weighted by molar-refractivity contribution is 6.07. The third kappa shape index (κ3) is 4.30. The van der Waals surface area contributed by atoms with Gasteiger partial charge in [0.15, 0.2) is 0 Å². The normalized spacial score (nSPS) is 17.0. The number of urea groups is 1. The smallest absolute Gasteiger partial charge is 0.331 e. The first-order valence-electron chi connectivity index (χ1n) is 6.49. The van der Waals surface area contributed by atoms with E-state index in [0.717, 1.165) is 0 Å². The van der Waals surface area contributed by atoms with Crippen LogP contribution in [0.4, 0.5) is 4.79 Å². The fraction of sp³-hybridized carbons (Fsp3) is 0.538. The van der Waals surface area contributed by atoms with Crippen LogP contribution in [0.1, 0.15) is 20.3 Å². The molecule has 1 heterocycles. The zero-order valence-electron chi connectivity index (χ0n) is 12.3. The summed E-state index contributed by atoms with van der Waals surface area (Å²) in [5, 5.41) is 10.9. The minimum Gasteiger partial charge on any atom is -0.478 e. The molecule has 21 heavy (non-hydrogen) atoms. The lowest BCUT2D eigenvalue weighted by molar-refractivity contribution is -0.133. The number of aliphatic carboxylic acids is 1. The van der Waals surface area contributed by atoms with E-state index in [1.54, 1.807) is 7.05 Å². The Bertz CT molecular complexity index is 512. The number of carbonyl (C=O) groups excluding carboxylic acids is 3. The molecule has 4 amide bonds. The summed E-state index contributed by atoms with van der Waals surface area (Å²) < 4.78 is 0. The summed E-state index contributed by atoms with van der Waals surface area (Å²) in [4.78, 5) is 49.0. The number of carbonyl (C=O) groups is 4. The van der Waals surface area contributed by atoms with E-state index in [9.17, 15) is 19.2 Å². The van der Waals surface area contributed by atoms with Gasteiger partial charge in [-0.25, -0.2) is 9.59 Å². The van der Waals surface area contributed by atoms with Crippen molar-refractivity contribution >= 4 is 23.8 Å². The first kappa shape index (κ1) is 16.7. The van der Waals surface area contributed by atoms with E-state index in [4.69, 9.17) is 5.11 Å². The molecule has 116 valence electrons. The Kier molecular flexibility index (Phi) is 5.45. The molecule has 8 heteroatoms. The van der Waals surface area contributed by atoms with Crippen LogP contribution in [0.2, 0.25) is 0 Å². The maximum Gasteiger partial charge on any atom is 0.331 e. The summed E-state index contributed by atoms with van der Waals surface area (Å²) in [6.45, 7) is 3.42. The van der Waals surface area contributed by atoms with Crippen LogP contribution in [-0.2, 0) is 14.4 Å². The fourth-order valence-corrected chi connectivity index (χ4v) is 1.76. The van der Waals surface area contributed by atoms with E-state index < -0.39 is 17.9 Å². The maximum atomic E-state index is 12.0. The number of amides is 4. The standard InChI is InChI=1S/C13H19N3O5/c1-8(9(2)12(19)20)11(18)14-13(21)16-6-4-5-15(3)10(17)7-16/h4-7H2,1-3H3,(H,19,20)(H,14,18,21). The molecule has 0 unspecified atom stereocenters. The molecule has 0 radical (unpaired) electrons. The summed E-state index contributed by atoms with van der Waals surface area (Å²) in [7, 11) is 1.65. The Morgan fingerprint density at radius 1 is 1.14 bits per heavy atom. The number of nitrogens with one attached hydrogen (secondary N) is 1. The van der Waals surface area contributed by atoms with Gasteiger partial charge >= 0.3 is 12.0 Å². The van der Waals surface area contributed by atoms with Crippen molar-refractivity contribution in [2.75, 3.05) is 26.7 Å². The van der Waals surface area contributed by atoms with Crippen LogP contribution >= 0.6 is 0 Å². The highest BCUT2D eigenvalue weighted by Crippen LogP contribution is 2.06. The summed E-state index contributed by atoms with van der Waals surface area (Å²) >= 11 is 0. The second-order valence-corrected chi connectivity index (χ2v) is 4.90. The van der Waals surface area contributed by atoms with E-state index in [0.29, 0.717) is 19.5 Å². The van der Waals surface area contributed by atoms with E-state index in [1.807, 2.05) is 0 Å². The Hall–Kier alpha value is -2.38. The van der Waals surface area contributed by atoms with Gasteiger partial charge in [-0.1, -0.05) is 0 Å². The van der Waals surface area contributed by atoms with Crippen LogP contribution in [0.3, 0.4) is 0 Å². The predicted octanol–water partition coefficient (Wildman–Crippen LogP) is -0.192. The van der Waals surface area contributed by atoms with Crippen LogP contribution in [0.25, 0.3) is 0 Å². The van der Waals surface area contributed by atoms with E-state index in [-0.39, 0.29) is 23.6 Å². The lowest BCUT2D eigenvalue weighted by Crippen LogP contribution is -2.46. The van der Waals surface area contributed by atoms with Crippen LogP contribution in [0, 0.1) is 0 Å². The molecular weight excluding hydrogens is 278 g/mol. The molecule has 0 aromatic heterocycles. The van der Waals surface area contributed by atoms with E-state index >= 15 is 0 Å². The average Bonchev–Trinajstić information content (AvgIpc) is 2.59. The molecule has 0 atom stereocenters. The number of imide groups is 1. The minimum absolute atomic E-state index is 0.0471. The molecule has 1 rings (SSSR count). The van der Waals surface area contributed by atoms with Crippen molar-refractivity contribution in [3.63, 3.8) is 0 Å². The van der Waals surface area contributed by atoms with Crippen molar-refractivity contribution in [3.05, 3.63) is 11.1 Å². The van der Waals surface area contributed by atoms with E-state index in [1.165, 1.54) is 23.6 Å². The van der Waals surface area contributed by atoms with Crippen LogP contribution < -0.4 is 5.32 Å². The zero-order chi connectivity index (χ0) is 16.2. The fourth-order valence-electron chi connectivity index (χ4n) is 1.76. The molecule has 2 N–H and O–H groups in total. The lowest BCUT2D eigenvalue weighted by Gasteiger charge is -2.19. The van der Waals surface area contributed by atoms with Crippen molar-refractivity contribution < 1.29 is 24.3 Å². The molecular formula is C13H19N3O5. The monoisotopic (exact) mass is 297 g/mol. The molecule has 0 aliphatic carbocycles. The van der Waals surface area contributed by atoms with Crippen LogP contribution in [0.5, 0.6) is 0 Å². The summed E-state index contributed by atoms with van der Waals surface area (Å²) in [5.41, 5.74) is -0.180. The van der Waals surface area contributed by atoms with Crippen LogP contribution in [-0.4, -0.2) is 65.4 Å². The number of rotatable bonds is 2. The molecule has 8 nitrogen and oxygen atoms in total. The van der Waals surface area contributed by atoms with Gasteiger partial charge < -0.3 is 14.9 Å².